The van der Waals surface area contributed by atoms with Gasteiger partial charge in [-0.05, 0) is 93.4 Å². The molecule has 1 aliphatic heterocycles. The number of carbonyl (C=O) groups is 15. The first-order chi connectivity index (χ1) is 58.3. The van der Waals surface area contributed by atoms with Crippen LogP contribution in [-0.4, -0.2) is 285 Å². The summed E-state index contributed by atoms with van der Waals surface area (Å²) in [5.41, 5.74) is -0.936. The Hall–Kier alpha value is -8.35. The van der Waals surface area contributed by atoms with E-state index < -0.39 is 269 Å². The summed E-state index contributed by atoms with van der Waals surface area (Å²) >= 11 is 5.95. The molecule has 0 spiro atoms. The third kappa shape index (κ3) is 47.0. The van der Waals surface area contributed by atoms with Crippen molar-refractivity contribution in [1.29, 1.82) is 0 Å². The molecule has 0 radical (unpaired) electrons. The number of phosphoric acid groups is 3. The van der Waals surface area contributed by atoms with E-state index in [0.717, 1.165) is 64.9 Å². The van der Waals surface area contributed by atoms with Crippen molar-refractivity contribution in [2.75, 3.05) is 92.1 Å². The summed E-state index contributed by atoms with van der Waals surface area (Å²) in [4.78, 5) is 209. The number of hydrogen-bond acceptors (Lipinski definition) is 35. The lowest BCUT2D eigenvalue weighted by Crippen LogP contribution is -2.62. The molecule has 13 atom stereocenters. The first-order valence-corrected chi connectivity index (χ1v) is 44.8. The van der Waals surface area contributed by atoms with E-state index in [1.807, 2.05) is 16.0 Å². The van der Waals surface area contributed by atoms with Crippen LogP contribution in [0.1, 0.15) is 178 Å². The Morgan fingerprint density at radius 1 is 0.496 bits per heavy atom. The van der Waals surface area contributed by atoms with Gasteiger partial charge in [-0.25, -0.2) is 51.2 Å². The van der Waals surface area contributed by atoms with Crippen LogP contribution in [0.5, 0.6) is 0 Å². The van der Waals surface area contributed by atoms with E-state index in [-0.39, 0.29) is 65.4 Å². The molecule has 706 valence electrons. The molecule has 0 aliphatic carbocycles. The number of carboxylic acids is 2. The summed E-state index contributed by atoms with van der Waals surface area (Å²) < 4.78 is 104. The highest BCUT2D eigenvalue weighted by Gasteiger charge is 2.42. The predicted octanol–water partition coefficient (Wildman–Crippen LogP) is 0.999. The fourth-order valence-corrected chi connectivity index (χ4v) is 14.0. The fraction of sp³-hybridized carbons (Fsp3) is 0.757. The zero-order chi connectivity index (χ0) is 92.7. The van der Waals surface area contributed by atoms with Gasteiger partial charge in [0.1, 0.15) is 54.6 Å². The van der Waals surface area contributed by atoms with Gasteiger partial charge in [-0.2, -0.15) is 0 Å². The van der Waals surface area contributed by atoms with Gasteiger partial charge in [-0.1, -0.05) is 77.7 Å². The molecular weight excluding hydrogens is 1730 g/mol. The Bertz CT molecular complexity index is 3520. The molecule has 18 N–H and O–H groups in total. The molecule has 53 heteroatoms. The van der Waals surface area contributed by atoms with Crippen LogP contribution in [0, 0.1) is 0 Å². The third-order valence-corrected chi connectivity index (χ3v) is 21.7. The summed E-state index contributed by atoms with van der Waals surface area (Å²) in [7, 11) is -12.8. The van der Waals surface area contributed by atoms with Crippen molar-refractivity contribution in [2.45, 2.75) is 251 Å². The quantitative estimate of drug-likeness (QED) is 0.00768. The van der Waals surface area contributed by atoms with Gasteiger partial charge >= 0.3 is 59.7 Å². The number of carbonyl (C=O) groups excluding carboxylic acids is 13. The first kappa shape index (κ1) is 113. The average Bonchev–Trinajstić information content (AvgIpc) is 0.835. The molecule has 49 nitrogen and oxygen atoms in total. The highest BCUT2D eigenvalue weighted by molar-refractivity contribution is 7.49. The number of rotatable bonds is 53. The number of phosphoric ester groups is 3. The van der Waals surface area contributed by atoms with E-state index in [9.17, 15) is 116 Å². The van der Waals surface area contributed by atoms with Gasteiger partial charge in [0.2, 0.25) is 67.6 Å². The predicted molar refractivity (Wildman–Crippen MR) is 427 cm³/mol. The topological polar surface area (TPSA) is 693 Å². The van der Waals surface area contributed by atoms with Crippen LogP contribution < -0.4 is 63.8 Å². The van der Waals surface area contributed by atoms with Gasteiger partial charge in [0.15, 0.2) is 12.1 Å². The Morgan fingerprint density at radius 3 is 1.37 bits per heavy atom. The summed E-state index contributed by atoms with van der Waals surface area (Å²) in [5.74, 6) is -20.4. The molecule has 1 fully saturated rings. The van der Waals surface area contributed by atoms with E-state index in [2.05, 4.69) is 54.8 Å². The standard InChI is InChI=1S/C70H122ClN12O37P3/c1-10-18-19-20-21-22-23-24-25-28-44(85)36-52(87)75-50-39-108-67(101)55(51(86)38-71)82-65(98)56(57(90)66(99)100)83-58(91)45(12-3)76-64(97)54(43(9)84)81-61(94)48(31-34-74-70(104)111-42-120-123(107,116-17-8)117-35-11-2)78-59(92)46(29-26-27-32-72-68(102)109-40-118-121(105,112-13-4)113-14-5)77-62(95)49(37-53(88)89)80-60(93)47(79-63(50)96)30-33-73-69(103)110-41-119-122(106,114-15-6)115-16-7/h12,43-44,46-51,54-57,84-86,90H,10-11,13-42H2,1-9H3,(H,72,102)(H,73,103)(H,74,104)(H,75,87)(H,76,97)(H,77,95)(H,78,92)(H,79,96)(H,80,93)(H,81,94)(H,82,98)(H,83,91)(H,88,89)(H,99,100)/b45-12-/t43-,44+,46+,47+,48+,49?,50-,51+,54?,55?,56?,57+,123?/m1/s1. The minimum absolute atomic E-state index is 0.0511. The number of hydrogen-bond donors (Lipinski definition) is 18. The van der Waals surface area contributed by atoms with Gasteiger partial charge in [0.05, 0.1) is 76.7 Å². The third-order valence-electron chi connectivity index (χ3n) is 16.8. The maximum atomic E-state index is 15.0. The Morgan fingerprint density at radius 2 is 0.927 bits per heavy atom. The number of aliphatic carboxylic acids is 2. The number of alkyl halides is 1. The number of nitrogens with one attached hydrogen (secondary N) is 12. The minimum Gasteiger partial charge on any atom is -0.481 e. The van der Waals surface area contributed by atoms with Crippen molar-refractivity contribution < 1.29 is 176 Å². The summed E-state index contributed by atoms with van der Waals surface area (Å²) in [6, 6.07) is -18.4. The van der Waals surface area contributed by atoms with Gasteiger partial charge in [-0.3, -0.25) is 75.1 Å². The molecule has 0 aromatic carbocycles. The molecular formula is C70H122ClN12O37P3. The molecule has 0 bridgehead atoms. The van der Waals surface area contributed by atoms with Crippen LogP contribution in [0.25, 0.3) is 0 Å². The Labute approximate surface area is 715 Å². The lowest BCUT2D eigenvalue weighted by molar-refractivity contribution is -0.155. The molecule has 0 saturated carbocycles. The fourth-order valence-electron chi connectivity index (χ4n) is 10.6. The molecule has 1 aliphatic rings. The molecule has 123 heavy (non-hydrogen) atoms. The second-order valence-electron chi connectivity index (χ2n) is 26.6. The van der Waals surface area contributed by atoms with E-state index in [1.165, 1.54) is 34.6 Å². The molecule has 5 unspecified atom stereocenters. The van der Waals surface area contributed by atoms with Gasteiger partial charge in [-0.15, -0.1) is 11.6 Å². The number of alkyl carbamates (subject to hydrolysis) is 3. The number of halogens is 1. The molecule has 12 amide bonds. The van der Waals surface area contributed by atoms with Crippen LogP contribution in [0.3, 0.4) is 0 Å². The van der Waals surface area contributed by atoms with E-state index in [1.54, 1.807) is 6.92 Å². The summed E-state index contributed by atoms with van der Waals surface area (Å²) in [5, 5.41) is 90.3. The van der Waals surface area contributed by atoms with Crippen molar-refractivity contribution in [3.05, 3.63) is 11.8 Å². The number of amides is 12. The number of carboxylic acid groups (broad SMARTS) is 2. The summed E-state index contributed by atoms with van der Waals surface area (Å²) in [6.45, 7) is 5.82. The number of unbranched alkanes of at least 4 members (excludes halogenated alkanes) is 9. The molecule has 1 rings (SSSR count). The maximum Gasteiger partial charge on any atom is 0.477 e. The van der Waals surface area contributed by atoms with E-state index in [0.29, 0.717) is 19.3 Å². The SMILES string of the molecule is C/C=C1\NC(=O)C([C@@H](C)O)NC(=O)[C@H](CCNC(=O)OCOP(=O)(OCC)OCCC)NC(=O)[C@H](CCCCNC(=O)OCOP(=O)(OCC)OCC)NC(=O)C(CC(=O)O)NC(=O)[C@H](CCNC(=O)OCOP(=O)(OCC)OCC)NC(=O)[C@H](NC(=O)C[C@@H](O)CCCCCCCCCCC)COC(=O)C([C@@H](O)CCl)NC(=O)C([C@H](O)C(=O)O)NC1=O. The van der Waals surface area contributed by atoms with Crippen LogP contribution in [0.2, 0.25) is 0 Å². The van der Waals surface area contributed by atoms with Crippen LogP contribution in [0.4, 0.5) is 14.4 Å². The van der Waals surface area contributed by atoms with Crippen LogP contribution in [0.15, 0.2) is 11.8 Å². The van der Waals surface area contributed by atoms with Crippen molar-refractivity contribution >= 4 is 124 Å². The lowest BCUT2D eigenvalue weighted by Gasteiger charge is -2.29. The molecule has 0 aromatic heterocycles. The second-order valence-corrected chi connectivity index (χ2v) is 31.9. The second kappa shape index (κ2) is 62.7. The maximum absolute atomic E-state index is 15.0. The number of aliphatic hydroxyl groups is 4. The zero-order valence-electron chi connectivity index (χ0n) is 70.2. The minimum atomic E-state index is -4.30. The normalized spacial score (nSPS) is 21.0. The van der Waals surface area contributed by atoms with Crippen molar-refractivity contribution in [3.8, 4) is 0 Å². The van der Waals surface area contributed by atoms with Crippen molar-refractivity contribution in [1.82, 2.24) is 63.8 Å². The van der Waals surface area contributed by atoms with Crippen LogP contribution >= 0.6 is 35.1 Å². The first-order valence-electron chi connectivity index (χ1n) is 39.9. The van der Waals surface area contributed by atoms with E-state index in [4.69, 9.17) is 71.3 Å². The average molecular weight is 1850 g/mol. The molecule has 1 saturated heterocycles. The van der Waals surface area contributed by atoms with Gasteiger partial charge < -0.3 is 113 Å². The van der Waals surface area contributed by atoms with Crippen molar-refractivity contribution in [2.24, 2.45) is 0 Å². The van der Waals surface area contributed by atoms with Gasteiger partial charge in [0.25, 0.3) is 5.91 Å². The highest BCUT2D eigenvalue weighted by Crippen LogP contribution is 2.51. The monoisotopic (exact) mass is 1850 g/mol. The lowest BCUT2D eigenvalue weighted by atomic mass is 10.0. The summed E-state index contributed by atoms with van der Waals surface area (Å²) in [6.07, 6.45) is -8.06. The zero-order valence-corrected chi connectivity index (χ0v) is 73.6. The molecule has 1 heterocycles. The van der Waals surface area contributed by atoms with Gasteiger partial charge in [0, 0.05) is 19.6 Å². The van der Waals surface area contributed by atoms with Crippen LogP contribution in [-0.2, 0) is 131 Å². The highest BCUT2D eigenvalue weighted by atomic mass is 35.5. The Kier molecular flexibility index (Phi) is 57.4. The number of cyclic esters (lactones) is 1. The largest absolute Gasteiger partial charge is 0.481 e. The van der Waals surface area contributed by atoms with E-state index >= 15 is 0 Å². The smallest absolute Gasteiger partial charge is 0.477 e. The Balaban J connectivity index is 4.51. The number of esters is 1. The number of aliphatic hydroxyl groups excluding tert-OH is 4. The number of allylic oxidation sites excluding steroid dienone is 1. The number of ether oxygens (including phenoxy) is 4. The van der Waals surface area contributed by atoms with Crippen molar-refractivity contribution in [3.63, 3.8) is 0 Å². The molecule has 0 aromatic rings.